The number of ether oxygens (including phenoxy) is 1. The summed E-state index contributed by atoms with van der Waals surface area (Å²) in [6.45, 7) is 2.14. The summed E-state index contributed by atoms with van der Waals surface area (Å²) < 4.78 is 5.47. The van der Waals surface area contributed by atoms with Crippen molar-refractivity contribution in [1.29, 1.82) is 0 Å². The van der Waals surface area contributed by atoms with Crippen molar-refractivity contribution in [2.75, 3.05) is 14.2 Å². The average molecular weight is 309 g/mol. The maximum atomic E-state index is 12.8. The minimum absolute atomic E-state index is 0.0734. The molecular weight excluding hydrogens is 286 g/mol. The summed E-state index contributed by atoms with van der Waals surface area (Å²) >= 11 is 0. The Kier molecular flexibility index (Phi) is 4.37. The largest absolute Gasteiger partial charge is 0.496 e. The van der Waals surface area contributed by atoms with Crippen LogP contribution in [0.2, 0.25) is 0 Å². The van der Waals surface area contributed by atoms with Gasteiger partial charge in [-0.2, -0.15) is 0 Å². The molecule has 0 unspecified atom stereocenters. The van der Waals surface area contributed by atoms with Gasteiger partial charge in [0.15, 0.2) is 0 Å². The van der Waals surface area contributed by atoms with Crippen LogP contribution in [0.1, 0.15) is 30.1 Å². The molecule has 1 amide bonds. The van der Waals surface area contributed by atoms with Crippen molar-refractivity contribution in [3.63, 3.8) is 0 Å². The molecule has 23 heavy (non-hydrogen) atoms. The summed E-state index contributed by atoms with van der Waals surface area (Å²) in [5, 5.41) is 0. The third-order valence-electron chi connectivity index (χ3n) is 4.77. The zero-order chi connectivity index (χ0) is 16.4. The molecule has 1 atom stereocenters. The molecule has 0 N–H and O–H groups in total. The molecule has 1 saturated carbocycles. The van der Waals surface area contributed by atoms with E-state index < -0.39 is 0 Å². The van der Waals surface area contributed by atoms with Crippen LogP contribution in [0, 0.1) is 5.92 Å². The third kappa shape index (κ3) is 3.24. The Labute approximate surface area is 137 Å². The fourth-order valence-corrected chi connectivity index (χ4v) is 2.97. The number of methoxy groups -OCH3 is 1. The lowest BCUT2D eigenvalue weighted by Gasteiger charge is -2.25. The number of carbonyl (C=O) groups excluding carboxylic acids is 1. The lowest BCUT2D eigenvalue weighted by molar-refractivity contribution is 0.0727. The number of rotatable bonds is 5. The van der Waals surface area contributed by atoms with Gasteiger partial charge in [-0.15, -0.1) is 0 Å². The van der Waals surface area contributed by atoms with Crippen LogP contribution >= 0.6 is 0 Å². The zero-order valence-electron chi connectivity index (χ0n) is 14.0. The first kappa shape index (κ1) is 15.6. The molecular formula is C20H23NO2. The van der Waals surface area contributed by atoms with E-state index in [1.54, 1.807) is 7.11 Å². The molecule has 3 rings (SSSR count). The molecule has 1 aliphatic rings. The molecule has 0 spiro atoms. The second-order valence-electron chi connectivity index (χ2n) is 6.28. The van der Waals surface area contributed by atoms with Crippen molar-refractivity contribution in [1.82, 2.24) is 4.90 Å². The second kappa shape index (κ2) is 6.45. The van der Waals surface area contributed by atoms with Gasteiger partial charge >= 0.3 is 0 Å². The lowest BCUT2D eigenvalue weighted by atomic mass is 10.0. The van der Waals surface area contributed by atoms with E-state index in [2.05, 4.69) is 6.92 Å². The van der Waals surface area contributed by atoms with E-state index in [-0.39, 0.29) is 5.91 Å². The molecule has 0 heterocycles. The van der Waals surface area contributed by atoms with Gasteiger partial charge in [0.25, 0.3) is 5.91 Å². The summed E-state index contributed by atoms with van der Waals surface area (Å²) in [6, 6.07) is 16.0. The summed E-state index contributed by atoms with van der Waals surface area (Å²) in [7, 11) is 3.56. The van der Waals surface area contributed by atoms with Gasteiger partial charge in [-0.3, -0.25) is 4.79 Å². The highest BCUT2D eigenvalue weighted by atomic mass is 16.5. The van der Waals surface area contributed by atoms with Crippen molar-refractivity contribution >= 4 is 5.91 Å². The standard InChI is InChI=1S/C20H23NO2/c1-14(15-9-10-15)21(2)20(22)17-11-12-19(23-3)18(13-17)16-7-5-4-6-8-16/h4-8,11-15H,9-10H2,1-3H3/t14-/m0/s1. The molecule has 0 bridgehead atoms. The monoisotopic (exact) mass is 309 g/mol. The predicted molar refractivity (Wildman–Crippen MR) is 92.7 cm³/mol. The van der Waals surface area contributed by atoms with Gasteiger partial charge in [0.1, 0.15) is 5.75 Å². The molecule has 2 aromatic rings. The van der Waals surface area contributed by atoms with Crippen molar-refractivity contribution in [2.24, 2.45) is 5.92 Å². The summed E-state index contributed by atoms with van der Waals surface area (Å²) in [6.07, 6.45) is 2.47. The van der Waals surface area contributed by atoms with E-state index >= 15 is 0 Å². The van der Waals surface area contributed by atoms with Crippen molar-refractivity contribution in [2.45, 2.75) is 25.8 Å². The Bertz CT molecular complexity index is 692. The van der Waals surface area contributed by atoms with Gasteiger partial charge in [-0.05, 0) is 49.4 Å². The number of hydrogen-bond donors (Lipinski definition) is 0. The van der Waals surface area contributed by atoms with Crippen molar-refractivity contribution in [3.8, 4) is 16.9 Å². The van der Waals surface area contributed by atoms with E-state index in [9.17, 15) is 4.79 Å². The molecule has 3 heteroatoms. The van der Waals surface area contributed by atoms with Crippen molar-refractivity contribution < 1.29 is 9.53 Å². The van der Waals surface area contributed by atoms with Gasteiger partial charge < -0.3 is 9.64 Å². The molecule has 2 aromatic carbocycles. The molecule has 0 saturated heterocycles. The first-order valence-corrected chi connectivity index (χ1v) is 8.12. The predicted octanol–water partition coefficient (Wildman–Crippen LogP) is 4.23. The van der Waals surface area contributed by atoms with E-state index in [1.165, 1.54) is 12.8 Å². The minimum atomic E-state index is 0.0734. The number of hydrogen-bond acceptors (Lipinski definition) is 2. The molecule has 0 aromatic heterocycles. The molecule has 120 valence electrons. The molecule has 0 aliphatic heterocycles. The second-order valence-corrected chi connectivity index (χ2v) is 6.28. The third-order valence-corrected chi connectivity index (χ3v) is 4.77. The SMILES string of the molecule is COc1ccc(C(=O)N(C)[C@@H](C)C2CC2)cc1-c1ccccc1. The van der Waals surface area contributed by atoms with Gasteiger partial charge in [0.05, 0.1) is 7.11 Å². The van der Waals surface area contributed by atoms with Crippen LogP contribution in [0.5, 0.6) is 5.75 Å². The lowest BCUT2D eigenvalue weighted by Crippen LogP contribution is -2.36. The molecule has 3 nitrogen and oxygen atoms in total. The topological polar surface area (TPSA) is 29.5 Å². The van der Waals surface area contributed by atoms with Gasteiger partial charge in [-0.1, -0.05) is 30.3 Å². The summed E-state index contributed by atoms with van der Waals surface area (Å²) in [4.78, 5) is 14.7. The van der Waals surface area contributed by atoms with Gasteiger partial charge in [0, 0.05) is 24.2 Å². The summed E-state index contributed by atoms with van der Waals surface area (Å²) in [5.41, 5.74) is 2.71. The van der Waals surface area contributed by atoms with Crippen LogP contribution < -0.4 is 4.74 Å². The summed E-state index contributed by atoms with van der Waals surface area (Å²) in [5.74, 6) is 1.52. The fourth-order valence-electron chi connectivity index (χ4n) is 2.97. The Morgan fingerprint density at radius 3 is 2.48 bits per heavy atom. The van der Waals surface area contributed by atoms with E-state index in [0.29, 0.717) is 17.5 Å². The van der Waals surface area contributed by atoms with Crippen LogP contribution in [0.15, 0.2) is 48.5 Å². The first-order chi connectivity index (χ1) is 11.1. The quantitative estimate of drug-likeness (QED) is 0.827. The first-order valence-electron chi connectivity index (χ1n) is 8.12. The van der Waals surface area contributed by atoms with Crippen LogP contribution in [0.4, 0.5) is 0 Å². The number of carbonyl (C=O) groups is 1. The Hall–Kier alpha value is -2.29. The molecule has 1 aliphatic carbocycles. The Morgan fingerprint density at radius 1 is 1.17 bits per heavy atom. The number of benzene rings is 2. The highest BCUT2D eigenvalue weighted by molar-refractivity contribution is 5.96. The number of nitrogens with zero attached hydrogens (tertiary/aromatic N) is 1. The molecule has 0 radical (unpaired) electrons. The highest BCUT2D eigenvalue weighted by Gasteiger charge is 2.32. The van der Waals surface area contributed by atoms with Gasteiger partial charge in [0.2, 0.25) is 0 Å². The minimum Gasteiger partial charge on any atom is -0.496 e. The Morgan fingerprint density at radius 2 is 1.87 bits per heavy atom. The normalized spacial score (nSPS) is 15.1. The Balaban J connectivity index is 1.93. The fraction of sp³-hybridized carbons (Fsp3) is 0.350. The van der Waals surface area contributed by atoms with E-state index in [1.807, 2.05) is 60.5 Å². The highest BCUT2D eigenvalue weighted by Crippen LogP contribution is 2.36. The maximum Gasteiger partial charge on any atom is 0.253 e. The van der Waals surface area contributed by atoms with Crippen LogP contribution in [-0.2, 0) is 0 Å². The van der Waals surface area contributed by atoms with Crippen LogP contribution in [0.3, 0.4) is 0 Å². The van der Waals surface area contributed by atoms with Gasteiger partial charge in [-0.25, -0.2) is 0 Å². The van der Waals surface area contributed by atoms with E-state index in [4.69, 9.17) is 4.74 Å². The average Bonchev–Trinajstić information content (AvgIpc) is 3.45. The number of amides is 1. The van der Waals surface area contributed by atoms with Crippen LogP contribution in [0.25, 0.3) is 11.1 Å². The maximum absolute atomic E-state index is 12.8. The zero-order valence-corrected chi connectivity index (χ0v) is 14.0. The smallest absolute Gasteiger partial charge is 0.253 e. The molecule has 1 fully saturated rings. The van der Waals surface area contributed by atoms with Crippen LogP contribution in [-0.4, -0.2) is 31.0 Å². The van der Waals surface area contributed by atoms with Crippen molar-refractivity contribution in [3.05, 3.63) is 54.1 Å². The van der Waals surface area contributed by atoms with E-state index in [0.717, 1.165) is 16.9 Å².